The highest BCUT2D eigenvalue weighted by atomic mass is 16.5. The highest BCUT2D eigenvalue weighted by Gasteiger charge is 2.26. The predicted octanol–water partition coefficient (Wildman–Crippen LogP) is 2.48. The average Bonchev–Trinajstić information content (AvgIpc) is 3.09. The topological polar surface area (TPSA) is 78.9 Å². The first-order valence-electron chi connectivity index (χ1n) is 8.17. The fourth-order valence-corrected chi connectivity index (χ4v) is 2.85. The van der Waals surface area contributed by atoms with E-state index in [-0.39, 0.29) is 11.9 Å². The summed E-state index contributed by atoms with van der Waals surface area (Å²) >= 11 is 0. The van der Waals surface area contributed by atoms with Crippen molar-refractivity contribution in [3.8, 4) is 5.75 Å². The first-order valence-corrected chi connectivity index (χ1v) is 8.17. The van der Waals surface area contributed by atoms with Crippen LogP contribution in [0.25, 0.3) is 0 Å². The standard InChI is InChI=1S/C19H20N2O4/c22-18(23)13-25-17-8-6-14(7-9-17)19(24)21-11-10-16(12-21)20-15-4-2-1-3-5-15/h1-9,16,20H,10-13H2,(H,22,23). The minimum Gasteiger partial charge on any atom is -0.482 e. The van der Waals surface area contributed by atoms with Gasteiger partial charge in [0, 0.05) is 30.4 Å². The number of ether oxygens (including phenoxy) is 1. The molecule has 0 radical (unpaired) electrons. The normalized spacial score (nSPS) is 16.5. The Bertz CT molecular complexity index is 731. The lowest BCUT2D eigenvalue weighted by molar-refractivity contribution is -0.139. The zero-order valence-electron chi connectivity index (χ0n) is 13.7. The lowest BCUT2D eigenvalue weighted by atomic mass is 10.2. The lowest BCUT2D eigenvalue weighted by Gasteiger charge is -2.18. The molecule has 0 spiro atoms. The summed E-state index contributed by atoms with van der Waals surface area (Å²) in [5.41, 5.74) is 1.63. The van der Waals surface area contributed by atoms with Crippen LogP contribution in [0, 0.1) is 0 Å². The quantitative estimate of drug-likeness (QED) is 0.845. The van der Waals surface area contributed by atoms with E-state index in [0.717, 1.165) is 12.1 Å². The van der Waals surface area contributed by atoms with Crippen molar-refractivity contribution in [1.29, 1.82) is 0 Å². The van der Waals surface area contributed by atoms with Crippen molar-refractivity contribution in [3.63, 3.8) is 0 Å². The Labute approximate surface area is 146 Å². The van der Waals surface area contributed by atoms with E-state index >= 15 is 0 Å². The number of hydrogen-bond donors (Lipinski definition) is 2. The number of hydrogen-bond acceptors (Lipinski definition) is 4. The second kappa shape index (κ2) is 7.70. The molecule has 1 saturated heterocycles. The Hall–Kier alpha value is -3.02. The van der Waals surface area contributed by atoms with Gasteiger partial charge in [0.15, 0.2) is 6.61 Å². The number of benzene rings is 2. The molecule has 0 aromatic heterocycles. The molecular formula is C19H20N2O4. The summed E-state index contributed by atoms with van der Waals surface area (Å²) in [4.78, 5) is 24.9. The van der Waals surface area contributed by atoms with Gasteiger partial charge in [0.25, 0.3) is 5.91 Å². The first-order chi connectivity index (χ1) is 12.1. The molecule has 1 aliphatic heterocycles. The number of carbonyl (C=O) groups excluding carboxylic acids is 1. The molecule has 3 rings (SSSR count). The van der Waals surface area contributed by atoms with Crippen LogP contribution >= 0.6 is 0 Å². The number of carbonyl (C=O) groups is 2. The third-order valence-electron chi connectivity index (χ3n) is 4.08. The number of carboxylic acid groups (broad SMARTS) is 1. The molecule has 0 bridgehead atoms. The lowest BCUT2D eigenvalue weighted by Crippen LogP contribution is -2.31. The fourth-order valence-electron chi connectivity index (χ4n) is 2.85. The van der Waals surface area contributed by atoms with Gasteiger partial charge in [-0.15, -0.1) is 0 Å². The number of carboxylic acids is 1. The molecule has 1 amide bonds. The molecule has 2 aromatic carbocycles. The van der Waals surface area contributed by atoms with Crippen molar-refractivity contribution in [3.05, 3.63) is 60.2 Å². The van der Waals surface area contributed by atoms with Crippen molar-refractivity contribution < 1.29 is 19.4 Å². The van der Waals surface area contributed by atoms with E-state index in [1.165, 1.54) is 0 Å². The van der Waals surface area contributed by atoms with Crippen LogP contribution in [0.1, 0.15) is 16.8 Å². The maximum atomic E-state index is 12.6. The number of nitrogens with zero attached hydrogens (tertiary/aromatic N) is 1. The SMILES string of the molecule is O=C(O)COc1ccc(C(=O)N2CCC(Nc3ccccc3)C2)cc1. The Kier molecular flexibility index (Phi) is 5.18. The van der Waals surface area contributed by atoms with Crippen molar-refractivity contribution in [2.45, 2.75) is 12.5 Å². The third kappa shape index (κ3) is 4.50. The second-order valence-electron chi connectivity index (χ2n) is 5.95. The van der Waals surface area contributed by atoms with Crippen LogP contribution in [0.4, 0.5) is 5.69 Å². The largest absolute Gasteiger partial charge is 0.482 e. The number of aliphatic carboxylic acids is 1. The van der Waals surface area contributed by atoms with E-state index in [9.17, 15) is 9.59 Å². The zero-order chi connectivity index (χ0) is 17.6. The molecule has 1 unspecified atom stereocenters. The molecule has 0 aliphatic carbocycles. The van der Waals surface area contributed by atoms with Gasteiger partial charge in [-0.1, -0.05) is 18.2 Å². The molecule has 130 valence electrons. The van der Waals surface area contributed by atoms with E-state index < -0.39 is 12.6 Å². The molecular weight excluding hydrogens is 320 g/mol. The average molecular weight is 340 g/mol. The summed E-state index contributed by atoms with van der Waals surface area (Å²) in [5.74, 6) is -0.625. The summed E-state index contributed by atoms with van der Waals surface area (Å²) in [5, 5.41) is 12.0. The maximum absolute atomic E-state index is 12.6. The van der Waals surface area contributed by atoms with Gasteiger partial charge in [-0.3, -0.25) is 4.79 Å². The molecule has 1 aliphatic rings. The monoisotopic (exact) mass is 340 g/mol. The van der Waals surface area contributed by atoms with Crippen LogP contribution < -0.4 is 10.1 Å². The van der Waals surface area contributed by atoms with Crippen molar-refractivity contribution in [2.24, 2.45) is 0 Å². The zero-order valence-corrected chi connectivity index (χ0v) is 13.7. The number of nitrogens with one attached hydrogen (secondary N) is 1. The van der Waals surface area contributed by atoms with Crippen LogP contribution in [0.15, 0.2) is 54.6 Å². The van der Waals surface area contributed by atoms with Gasteiger partial charge in [0.1, 0.15) is 5.75 Å². The second-order valence-corrected chi connectivity index (χ2v) is 5.95. The van der Waals surface area contributed by atoms with Gasteiger partial charge in [0.05, 0.1) is 0 Å². The van der Waals surface area contributed by atoms with Crippen molar-refractivity contribution in [1.82, 2.24) is 4.90 Å². The Morgan fingerprint density at radius 2 is 1.84 bits per heavy atom. The van der Waals surface area contributed by atoms with Crippen molar-refractivity contribution in [2.75, 3.05) is 25.0 Å². The molecule has 25 heavy (non-hydrogen) atoms. The number of para-hydroxylation sites is 1. The Balaban J connectivity index is 1.55. The number of likely N-dealkylation sites (tertiary alicyclic amines) is 1. The minimum atomic E-state index is -1.03. The molecule has 2 aromatic rings. The summed E-state index contributed by atoms with van der Waals surface area (Å²) in [6.07, 6.45) is 0.903. The molecule has 6 heteroatoms. The maximum Gasteiger partial charge on any atom is 0.341 e. The van der Waals surface area contributed by atoms with Crippen LogP contribution in [-0.4, -0.2) is 47.6 Å². The summed E-state index contributed by atoms with van der Waals surface area (Å²) < 4.78 is 5.08. The number of amides is 1. The van der Waals surface area contributed by atoms with Crippen LogP contribution in [-0.2, 0) is 4.79 Å². The van der Waals surface area contributed by atoms with Gasteiger partial charge in [0.2, 0.25) is 0 Å². The summed E-state index contributed by atoms with van der Waals surface area (Å²) in [6.45, 7) is 0.970. The van der Waals surface area contributed by atoms with E-state index in [1.807, 2.05) is 35.2 Å². The predicted molar refractivity (Wildman–Crippen MR) is 93.9 cm³/mol. The number of rotatable bonds is 6. The smallest absolute Gasteiger partial charge is 0.341 e. The van der Waals surface area contributed by atoms with Crippen LogP contribution in [0.5, 0.6) is 5.75 Å². The molecule has 2 N–H and O–H groups in total. The highest BCUT2D eigenvalue weighted by molar-refractivity contribution is 5.94. The molecule has 0 saturated carbocycles. The fraction of sp³-hybridized carbons (Fsp3) is 0.263. The summed E-state index contributed by atoms with van der Waals surface area (Å²) in [6, 6.07) is 16.8. The van der Waals surface area contributed by atoms with Crippen LogP contribution in [0.3, 0.4) is 0 Å². The molecule has 1 heterocycles. The Morgan fingerprint density at radius 1 is 1.12 bits per heavy atom. The number of anilines is 1. The summed E-state index contributed by atoms with van der Waals surface area (Å²) in [7, 11) is 0. The van der Waals surface area contributed by atoms with Crippen LogP contribution in [0.2, 0.25) is 0 Å². The van der Waals surface area contributed by atoms with E-state index in [2.05, 4.69) is 5.32 Å². The Morgan fingerprint density at radius 3 is 2.52 bits per heavy atom. The minimum absolute atomic E-state index is 0.0258. The van der Waals surface area contributed by atoms with E-state index in [1.54, 1.807) is 24.3 Å². The third-order valence-corrected chi connectivity index (χ3v) is 4.08. The van der Waals surface area contributed by atoms with Gasteiger partial charge < -0.3 is 20.1 Å². The molecule has 1 fully saturated rings. The van der Waals surface area contributed by atoms with Crippen molar-refractivity contribution >= 4 is 17.6 Å². The van der Waals surface area contributed by atoms with E-state index in [0.29, 0.717) is 24.4 Å². The van der Waals surface area contributed by atoms with Gasteiger partial charge >= 0.3 is 5.97 Å². The van der Waals surface area contributed by atoms with Gasteiger partial charge in [-0.25, -0.2) is 4.79 Å². The van der Waals surface area contributed by atoms with E-state index in [4.69, 9.17) is 9.84 Å². The first kappa shape index (κ1) is 16.8. The van der Waals surface area contributed by atoms with Gasteiger partial charge in [-0.05, 0) is 42.8 Å². The molecule has 6 nitrogen and oxygen atoms in total. The highest BCUT2D eigenvalue weighted by Crippen LogP contribution is 2.19. The molecule has 1 atom stereocenters. The van der Waals surface area contributed by atoms with Gasteiger partial charge in [-0.2, -0.15) is 0 Å².